The molecule has 3 rings (SSSR count). The number of benzene rings is 1. The van der Waals surface area contributed by atoms with Gasteiger partial charge in [-0.1, -0.05) is 23.8 Å². The minimum Gasteiger partial charge on any atom is -0.361 e. The molecular formula is C15H18N2. The molecule has 2 heteroatoms. The zero-order valence-electron chi connectivity index (χ0n) is 10.4. The van der Waals surface area contributed by atoms with Crippen molar-refractivity contribution < 1.29 is 0 Å². The Labute approximate surface area is 102 Å². The number of hydrogen-bond donors (Lipinski definition) is 2. The van der Waals surface area contributed by atoms with Crippen LogP contribution in [0.5, 0.6) is 0 Å². The molecule has 2 heterocycles. The van der Waals surface area contributed by atoms with Gasteiger partial charge in [0, 0.05) is 23.6 Å². The van der Waals surface area contributed by atoms with Crippen LogP contribution in [0.15, 0.2) is 36.0 Å². The minimum absolute atomic E-state index is 0.348. The van der Waals surface area contributed by atoms with Gasteiger partial charge in [0.25, 0.3) is 0 Å². The van der Waals surface area contributed by atoms with E-state index in [2.05, 4.69) is 54.6 Å². The fourth-order valence-corrected chi connectivity index (χ4v) is 2.70. The number of aromatic nitrogens is 1. The topological polar surface area (TPSA) is 27.8 Å². The van der Waals surface area contributed by atoms with Crippen molar-refractivity contribution >= 4 is 10.9 Å². The Morgan fingerprint density at radius 3 is 3.06 bits per heavy atom. The normalized spacial score (nSPS) is 19.1. The number of aromatic amines is 1. The maximum absolute atomic E-state index is 3.62. The van der Waals surface area contributed by atoms with Gasteiger partial charge in [-0.2, -0.15) is 0 Å². The average Bonchev–Trinajstić information content (AvgIpc) is 2.62. The van der Waals surface area contributed by atoms with Crippen molar-refractivity contribution in [2.75, 3.05) is 6.54 Å². The van der Waals surface area contributed by atoms with E-state index in [1.54, 1.807) is 0 Å². The van der Waals surface area contributed by atoms with Crippen molar-refractivity contribution in [3.63, 3.8) is 0 Å². The second-order valence-electron chi connectivity index (χ2n) is 5.01. The van der Waals surface area contributed by atoms with Crippen LogP contribution in [0.25, 0.3) is 10.9 Å². The molecule has 1 unspecified atom stereocenters. The lowest BCUT2D eigenvalue weighted by Gasteiger charge is -2.14. The molecule has 1 aromatic heterocycles. The van der Waals surface area contributed by atoms with E-state index in [0.717, 1.165) is 13.0 Å². The second-order valence-corrected chi connectivity index (χ2v) is 5.01. The largest absolute Gasteiger partial charge is 0.361 e. The first kappa shape index (κ1) is 10.6. The van der Waals surface area contributed by atoms with Crippen LogP contribution in [0, 0.1) is 0 Å². The summed E-state index contributed by atoms with van der Waals surface area (Å²) in [5.41, 5.74) is 5.46. The van der Waals surface area contributed by atoms with E-state index in [9.17, 15) is 0 Å². The van der Waals surface area contributed by atoms with Crippen LogP contribution >= 0.6 is 0 Å². The molecule has 1 aliphatic heterocycles. The van der Waals surface area contributed by atoms with Crippen molar-refractivity contribution in [2.45, 2.75) is 26.3 Å². The Morgan fingerprint density at radius 1 is 1.35 bits per heavy atom. The van der Waals surface area contributed by atoms with Crippen LogP contribution in [-0.2, 0) is 6.42 Å². The predicted octanol–water partition coefficient (Wildman–Crippen LogP) is 3.32. The molecule has 0 aliphatic carbocycles. The number of hydrogen-bond acceptors (Lipinski definition) is 1. The summed E-state index contributed by atoms with van der Waals surface area (Å²) in [6, 6.07) is 6.88. The molecule has 0 fully saturated rings. The summed E-state index contributed by atoms with van der Waals surface area (Å²) in [6.07, 6.45) is 5.57. The van der Waals surface area contributed by atoms with Crippen LogP contribution in [0.1, 0.15) is 31.0 Å². The molecule has 88 valence electrons. The van der Waals surface area contributed by atoms with E-state index in [-0.39, 0.29) is 0 Å². The minimum atomic E-state index is 0.348. The van der Waals surface area contributed by atoms with E-state index in [1.165, 1.54) is 27.6 Å². The predicted molar refractivity (Wildman–Crippen MR) is 72.2 cm³/mol. The average molecular weight is 226 g/mol. The highest BCUT2D eigenvalue weighted by molar-refractivity contribution is 5.87. The molecule has 0 radical (unpaired) electrons. The van der Waals surface area contributed by atoms with Gasteiger partial charge < -0.3 is 10.3 Å². The molecule has 1 atom stereocenters. The fourth-order valence-electron chi connectivity index (χ4n) is 2.70. The standard InChI is InChI=1S/C15H18N2/c1-10(2)8-14-12-4-3-5-13-15(12)11(9-17-13)6-7-16-14/h3-5,8-9,14,16-17H,6-7H2,1-2H3. The first-order chi connectivity index (χ1) is 8.25. The molecule has 0 bridgehead atoms. The summed E-state index contributed by atoms with van der Waals surface area (Å²) in [4.78, 5) is 3.37. The Kier molecular flexibility index (Phi) is 2.52. The second kappa shape index (κ2) is 4.04. The van der Waals surface area contributed by atoms with Crippen molar-refractivity contribution in [3.05, 3.63) is 47.2 Å². The third-order valence-corrected chi connectivity index (χ3v) is 3.41. The summed E-state index contributed by atoms with van der Waals surface area (Å²) in [5.74, 6) is 0. The van der Waals surface area contributed by atoms with Crippen molar-refractivity contribution in [1.29, 1.82) is 0 Å². The molecule has 0 spiro atoms. The van der Waals surface area contributed by atoms with Crippen LogP contribution in [0.2, 0.25) is 0 Å². The van der Waals surface area contributed by atoms with Gasteiger partial charge >= 0.3 is 0 Å². The van der Waals surface area contributed by atoms with E-state index in [1.807, 2.05) is 0 Å². The van der Waals surface area contributed by atoms with Gasteiger partial charge in [0.05, 0.1) is 6.04 Å². The number of allylic oxidation sites excluding steroid dienone is 1. The maximum atomic E-state index is 3.62. The summed E-state index contributed by atoms with van der Waals surface area (Å²) in [6.45, 7) is 5.35. The summed E-state index contributed by atoms with van der Waals surface area (Å²) in [7, 11) is 0. The van der Waals surface area contributed by atoms with Gasteiger partial charge in [-0.3, -0.25) is 0 Å². The molecule has 0 saturated heterocycles. The summed E-state index contributed by atoms with van der Waals surface area (Å²) < 4.78 is 0. The van der Waals surface area contributed by atoms with Gasteiger partial charge in [-0.25, -0.2) is 0 Å². The van der Waals surface area contributed by atoms with Crippen molar-refractivity contribution in [2.24, 2.45) is 0 Å². The van der Waals surface area contributed by atoms with Gasteiger partial charge in [0.15, 0.2) is 0 Å². The van der Waals surface area contributed by atoms with Crippen LogP contribution in [0.3, 0.4) is 0 Å². The third-order valence-electron chi connectivity index (χ3n) is 3.41. The lowest BCUT2D eigenvalue weighted by molar-refractivity contribution is 0.631. The highest BCUT2D eigenvalue weighted by Crippen LogP contribution is 2.30. The van der Waals surface area contributed by atoms with Crippen LogP contribution in [-0.4, -0.2) is 11.5 Å². The van der Waals surface area contributed by atoms with Gasteiger partial charge in [-0.05, 0) is 37.5 Å². The Bertz CT molecular complexity index is 574. The van der Waals surface area contributed by atoms with E-state index in [0.29, 0.717) is 6.04 Å². The van der Waals surface area contributed by atoms with Gasteiger partial charge in [0.2, 0.25) is 0 Å². The van der Waals surface area contributed by atoms with E-state index >= 15 is 0 Å². The maximum Gasteiger partial charge on any atom is 0.0515 e. The molecule has 2 N–H and O–H groups in total. The van der Waals surface area contributed by atoms with Crippen molar-refractivity contribution in [3.8, 4) is 0 Å². The quantitative estimate of drug-likeness (QED) is 0.717. The lowest BCUT2D eigenvalue weighted by atomic mass is 9.99. The Balaban J connectivity index is 2.23. The number of rotatable bonds is 1. The smallest absolute Gasteiger partial charge is 0.0515 e. The lowest BCUT2D eigenvalue weighted by Crippen LogP contribution is -2.20. The molecule has 0 saturated carbocycles. The SMILES string of the molecule is CC(C)=CC1NCCc2c[nH]c3cccc1c23. The van der Waals surface area contributed by atoms with E-state index < -0.39 is 0 Å². The van der Waals surface area contributed by atoms with Crippen molar-refractivity contribution in [1.82, 2.24) is 10.3 Å². The molecular weight excluding hydrogens is 208 g/mol. The first-order valence-corrected chi connectivity index (χ1v) is 6.23. The highest BCUT2D eigenvalue weighted by atomic mass is 14.9. The Hall–Kier alpha value is -1.54. The summed E-state index contributed by atoms with van der Waals surface area (Å²) >= 11 is 0. The van der Waals surface area contributed by atoms with E-state index in [4.69, 9.17) is 0 Å². The third kappa shape index (κ3) is 1.79. The molecule has 2 aromatic rings. The first-order valence-electron chi connectivity index (χ1n) is 6.23. The Morgan fingerprint density at radius 2 is 2.24 bits per heavy atom. The molecule has 2 nitrogen and oxygen atoms in total. The van der Waals surface area contributed by atoms with Crippen LogP contribution < -0.4 is 5.32 Å². The zero-order valence-corrected chi connectivity index (χ0v) is 10.4. The fraction of sp³-hybridized carbons (Fsp3) is 0.333. The number of H-pyrrole nitrogens is 1. The van der Waals surface area contributed by atoms with Gasteiger partial charge in [-0.15, -0.1) is 0 Å². The molecule has 17 heavy (non-hydrogen) atoms. The molecule has 0 amide bonds. The van der Waals surface area contributed by atoms with Crippen LogP contribution in [0.4, 0.5) is 0 Å². The zero-order chi connectivity index (χ0) is 11.8. The molecule has 1 aromatic carbocycles. The molecule has 1 aliphatic rings. The van der Waals surface area contributed by atoms with Gasteiger partial charge in [0.1, 0.15) is 0 Å². The highest BCUT2D eigenvalue weighted by Gasteiger charge is 2.18. The number of nitrogens with one attached hydrogen (secondary N) is 2. The monoisotopic (exact) mass is 226 g/mol. The summed E-state index contributed by atoms with van der Waals surface area (Å²) in [5, 5.41) is 5.03.